The van der Waals surface area contributed by atoms with Gasteiger partial charge in [-0.05, 0) is 31.0 Å². The Bertz CT molecular complexity index is 530. The van der Waals surface area contributed by atoms with Gasteiger partial charge in [0.25, 0.3) is 5.91 Å². The van der Waals surface area contributed by atoms with Crippen LogP contribution in [0.1, 0.15) is 29.6 Å². The number of rotatable bonds is 4. The van der Waals surface area contributed by atoms with Gasteiger partial charge in [0.1, 0.15) is 5.75 Å². The zero-order chi connectivity index (χ0) is 14.7. The standard InChI is InChI=1S/C14H18N2O4/c1-20-10-4-5-12(15)11(8-10)14(19)16-6-2-3-9(16)7-13(17)18/h4-5,8-9H,2-3,6-7,15H2,1H3,(H,17,18). The molecule has 1 fully saturated rings. The third kappa shape index (κ3) is 2.84. The Balaban J connectivity index is 2.24. The lowest BCUT2D eigenvalue weighted by atomic mass is 10.1. The third-order valence-electron chi connectivity index (χ3n) is 3.54. The van der Waals surface area contributed by atoms with E-state index in [0.29, 0.717) is 30.0 Å². The van der Waals surface area contributed by atoms with Crippen LogP contribution in [-0.2, 0) is 4.79 Å². The second-order valence-corrected chi connectivity index (χ2v) is 4.85. The molecule has 1 atom stereocenters. The summed E-state index contributed by atoms with van der Waals surface area (Å²) in [4.78, 5) is 25.0. The average molecular weight is 278 g/mol. The first-order valence-electron chi connectivity index (χ1n) is 6.49. The van der Waals surface area contributed by atoms with Crippen LogP contribution in [-0.4, -0.2) is 41.6 Å². The monoisotopic (exact) mass is 278 g/mol. The lowest BCUT2D eigenvalue weighted by Crippen LogP contribution is -2.37. The highest BCUT2D eigenvalue weighted by Gasteiger charge is 2.31. The molecule has 1 aliphatic heterocycles. The SMILES string of the molecule is COc1ccc(N)c(C(=O)N2CCCC2CC(=O)O)c1. The lowest BCUT2D eigenvalue weighted by molar-refractivity contribution is -0.137. The van der Waals surface area contributed by atoms with Crippen molar-refractivity contribution in [2.75, 3.05) is 19.4 Å². The van der Waals surface area contributed by atoms with E-state index in [9.17, 15) is 9.59 Å². The lowest BCUT2D eigenvalue weighted by Gasteiger charge is -2.24. The number of methoxy groups -OCH3 is 1. The fraction of sp³-hybridized carbons (Fsp3) is 0.429. The number of carbonyl (C=O) groups excluding carboxylic acids is 1. The first kappa shape index (κ1) is 14.2. The molecule has 0 spiro atoms. The van der Waals surface area contributed by atoms with Crippen molar-refractivity contribution in [3.8, 4) is 5.75 Å². The number of ether oxygens (including phenoxy) is 1. The molecular formula is C14H18N2O4. The summed E-state index contributed by atoms with van der Waals surface area (Å²) in [5.41, 5.74) is 6.57. The van der Waals surface area contributed by atoms with Crippen molar-refractivity contribution in [2.45, 2.75) is 25.3 Å². The van der Waals surface area contributed by atoms with Crippen LogP contribution in [0.5, 0.6) is 5.75 Å². The summed E-state index contributed by atoms with van der Waals surface area (Å²) in [5.74, 6) is -0.574. The summed E-state index contributed by atoms with van der Waals surface area (Å²) in [5, 5.41) is 8.90. The fourth-order valence-electron chi connectivity index (χ4n) is 2.52. The van der Waals surface area contributed by atoms with Crippen LogP contribution < -0.4 is 10.5 Å². The molecule has 2 rings (SSSR count). The van der Waals surface area contributed by atoms with Crippen LogP contribution >= 0.6 is 0 Å². The number of carbonyl (C=O) groups is 2. The number of hydrogen-bond donors (Lipinski definition) is 2. The van der Waals surface area contributed by atoms with Gasteiger partial charge in [-0.25, -0.2) is 0 Å². The predicted molar refractivity (Wildman–Crippen MR) is 73.7 cm³/mol. The van der Waals surface area contributed by atoms with Crippen LogP contribution in [0.25, 0.3) is 0 Å². The van der Waals surface area contributed by atoms with Crippen molar-refractivity contribution in [1.82, 2.24) is 4.90 Å². The molecule has 20 heavy (non-hydrogen) atoms. The Labute approximate surface area is 117 Å². The van der Waals surface area contributed by atoms with Gasteiger partial charge in [0, 0.05) is 18.3 Å². The highest BCUT2D eigenvalue weighted by atomic mass is 16.5. The zero-order valence-electron chi connectivity index (χ0n) is 11.3. The van der Waals surface area contributed by atoms with E-state index in [0.717, 1.165) is 6.42 Å². The van der Waals surface area contributed by atoms with Gasteiger partial charge >= 0.3 is 5.97 Å². The third-order valence-corrected chi connectivity index (χ3v) is 3.54. The predicted octanol–water partition coefficient (Wildman–Crippen LogP) is 1.36. The van der Waals surface area contributed by atoms with Crippen LogP contribution in [0.3, 0.4) is 0 Å². The normalized spacial score (nSPS) is 18.1. The van der Waals surface area contributed by atoms with Crippen molar-refractivity contribution in [1.29, 1.82) is 0 Å². The molecule has 0 bridgehead atoms. The molecule has 1 heterocycles. The molecule has 6 nitrogen and oxygen atoms in total. The molecule has 1 saturated heterocycles. The van der Waals surface area contributed by atoms with Gasteiger partial charge in [0.2, 0.25) is 0 Å². The smallest absolute Gasteiger partial charge is 0.305 e. The molecule has 0 aliphatic carbocycles. The minimum absolute atomic E-state index is 0.0321. The largest absolute Gasteiger partial charge is 0.497 e. The number of carboxylic acids is 1. The van der Waals surface area contributed by atoms with Gasteiger partial charge in [-0.15, -0.1) is 0 Å². The maximum atomic E-state index is 12.5. The summed E-state index contributed by atoms with van der Waals surface area (Å²) >= 11 is 0. The number of aliphatic carboxylic acids is 1. The Morgan fingerprint density at radius 3 is 2.90 bits per heavy atom. The first-order chi connectivity index (χ1) is 9.52. The summed E-state index contributed by atoms with van der Waals surface area (Å²) in [6.45, 7) is 0.563. The van der Waals surface area contributed by atoms with Crippen LogP contribution in [0.2, 0.25) is 0 Å². The molecular weight excluding hydrogens is 260 g/mol. The molecule has 1 aliphatic rings. The molecule has 3 N–H and O–H groups in total. The van der Waals surface area contributed by atoms with E-state index < -0.39 is 5.97 Å². The topological polar surface area (TPSA) is 92.9 Å². The Morgan fingerprint density at radius 2 is 2.25 bits per heavy atom. The minimum atomic E-state index is -0.895. The molecule has 0 aromatic heterocycles. The van der Waals surface area contributed by atoms with Gasteiger partial charge in [-0.3, -0.25) is 9.59 Å². The van der Waals surface area contributed by atoms with E-state index >= 15 is 0 Å². The van der Waals surface area contributed by atoms with E-state index in [2.05, 4.69) is 0 Å². The number of hydrogen-bond acceptors (Lipinski definition) is 4. The molecule has 1 aromatic rings. The van der Waals surface area contributed by atoms with Gasteiger partial charge < -0.3 is 20.5 Å². The number of likely N-dealkylation sites (tertiary alicyclic amines) is 1. The van der Waals surface area contributed by atoms with Gasteiger partial charge in [0.05, 0.1) is 19.1 Å². The van der Waals surface area contributed by atoms with Gasteiger partial charge in [-0.1, -0.05) is 0 Å². The minimum Gasteiger partial charge on any atom is -0.497 e. The number of nitrogen functional groups attached to an aromatic ring is 1. The molecule has 1 amide bonds. The average Bonchev–Trinajstić information content (AvgIpc) is 2.86. The van der Waals surface area contributed by atoms with Crippen molar-refractivity contribution in [3.05, 3.63) is 23.8 Å². The molecule has 0 saturated carbocycles. The van der Waals surface area contributed by atoms with E-state index in [1.165, 1.54) is 7.11 Å². The van der Waals surface area contributed by atoms with Gasteiger partial charge in [-0.2, -0.15) is 0 Å². The highest BCUT2D eigenvalue weighted by Crippen LogP contribution is 2.26. The molecule has 1 aromatic carbocycles. The van der Waals surface area contributed by atoms with E-state index in [4.69, 9.17) is 15.6 Å². The number of anilines is 1. The van der Waals surface area contributed by atoms with Crippen molar-refractivity contribution < 1.29 is 19.4 Å². The summed E-state index contributed by atoms with van der Waals surface area (Å²) < 4.78 is 5.09. The zero-order valence-corrected chi connectivity index (χ0v) is 11.3. The molecule has 0 radical (unpaired) electrons. The summed E-state index contributed by atoms with van der Waals surface area (Å²) in [7, 11) is 1.52. The quantitative estimate of drug-likeness (QED) is 0.811. The Morgan fingerprint density at radius 1 is 1.50 bits per heavy atom. The van der Waals surface area contributed by atoms with Gasteiger partial charge in [0.15, 0.2) is 0 Å². The number of nitrogens with zero attached hydrogens (tertiary/aromatic N) is 1. The maximum absolute atomic E-state index is 12.5. The second-order valence-electron chi connectivity index (χ2n) is 4.85. The van der Waals surface area contributed by atoms with Crippen LogP contribution in [0.15, 0.2) is 18.2 Å². The summed E-state index contributed by atoms with van der Waals surface area (Å²) in [6.07, 6.45) is 1.49. The van der Waals surface area contributed by atoms with E-state index in [-0.39, 0.29) is 18.4 Å². The van der Waals surface area contributed by atoms with Crippen LogP contribution in [0, 0.1) is 0 Å². The molecule has 6 heteroatoms. The second kappa shape index (κ2) is 5.81. The van der Waals surface area contributed by atoms with E-state index in [1.807, 2.05) is 0 Å². The van der Waals surface area contributed by atoms with Crippen molar-refractivity contribution in [3.63, 3.8) is 0 Å². The number of benzene rings is 1. The first-order valence-corrected chi connectivity index (χ1v) is 6.49. The van der Waals surface area contributed by atoms with Crippen molar-refractivity contribution >= 4 is 17.6 Å². The number of nitrogens with two attached hydrogens (primary N) is 1. The summed E-state index contributed by atoms with van der Waals surface area (Å²) in [6, 6.07) is 4.64. The molecule has 108 valence electrons. The Kier molecular flexibility index (Phi) is 4.12. The number of carboxylic acid groups (broad SMARTS) is 1. The van der Waals surface area contributed by atoms with Crippen LogP contribution in [0.4, 0.5) is 5.69 Å². The highest BCUT2D eigenvalue weighted by molar-refractivity contribution is 6.00. The Hall–Kier alpha value is -2.24. The maximum Gasteiger partial charge on any atom is 0.305 e. The fourth-order valence-corrected chi connectivity index (χ4v) is 2.52. The number of amides is 1. The molecule has 1 unspecified atom stereocenters. The van der Waals surface area contributed by atoms with E-state index in [1.54, 1.807) is 23.1 Å². The van der Waals surface area contributed by atoms with Crippen molar-refractivity contribution in [2.24, 2.45) is 0 Å².